The van der Waals surface area contributed by atoms with E-state index in [2.05, 4.69) is 31.3 Å². The Kier molecular flexibility index (Phi) is 6.06. The van der Waals surface area contributed by atoms with Crippen LogP contribution in [-0.4, -0.2) is 29.7 Å². The Morgan fingerprint density at radius 1 is 1.35 bits per heavy atom. The number of benzene rings is 1. The van der Waals surface area contributed by atoms with Gasteiger partial charge in [0.05, 0.1) is 6.61 Å². The summed E-state index contributed by atoms with van der Waals surface area (Å²) in [7, 11) is 0. The van der Waals surface area contributed by atoms with Crippen molar-refractivity contribution in [2.24, 2.45) is 11.7 Å². The molecule has 4 N–H and O–H groups in total. The van der Waals surface area contributed by atoms with Gasteiger partial charge < -0.3 is 16.2 Å². The maximum Gasteiger partial charge on any atom is 0.239 e. The van der Waals surface area contributed by atoms with Crippen molar-refractivity contribution in [3.8, 4) is 0 Å². The van der Waals surface area contributed by atoms with Crippen LogP contribution in [0.3, 0.4) is 0 Å². The number of carbonyl (C=O) groups is 1. The highest BCUT2D eigenvalue weighted by molar-refractivity contribution is 6.30. The van der Waals surface area contributed by atoms with Crippen molar-refractivity contribution in [3.05, 3.63) is 34.9 Å². The number of aliphatic hydroxyl groups excluding tert-OH is 1. The van der Waals surface area contributed by atoms with E-state index in [9.17, 15) is 4.79 Å². The average Bonchev–Trinajstić information content (AvgIpc) is 2.46. The predicted molar refractivity (Wildman–Crippen MR) is 93.4 cm³/mol. The van der Waals surface area contributed by atoms with Crippen LogP contribution in [0.1, 0.15) is 45.1 Å². The van der Waals surface area contributed by atoms with Crippen LogP contribution in [0.25, 0.3) is 0 Å². The van der Waals surface area contributed by atoms with Crippen molar-refractivity contribution in [2.45, 2.75) is 57.0 Å². The maximum absolute atomic E-state index is 12.2. The van der Waals surface area contributed by atoms with Crippen molar-refractivity contribution < 1.29 is 9.90 Å². The molecule has 0 saturated heterocycles. The highest BCUT2D eigenvalue weighted by atomic mass is 35.5. The molecule has 0 bridgehead atoms. The molecule has 0 heterocycles. The molecule has 1 fully saturated rings. The summed E-state index contributed by atoms with van der Waals surface area (Å²) in [6.07, 6.45) is 4.12. The van der Waals surface area contributed by atoms with Gasteiger partial charge in [-0.3, -0.25) is 4.79 Å². The summed E-state index contributed by atoms with van der Waals surface area (Å²) in [4.78, 5) is 12.2. The Balaban J connectivity index is 2.27. The number of hydrogen-bond donors (Lipinski definition) is 3. The normalized spacial score (nSPS) is 19.0. The number of halogens is 1. The Bertz CT molecular complexity index is 526. The molecule has 2 atom stereocenters. The maximum atomic E-state index is 12.2. The summed E-state index contributed by atoms with van der Waals surface area (Å²) in [5, 5.41) is 12.9. The molecule has 1 aromatic carbocycles. The van der Waals surface area contributed by atoms with E-state index in [1.54, 1.807) is 0 Å². The number of nitrogens with two attached hydrogens (primary N) is 1. The lowest BCUT2D eigenvalue weighted by Gasteiger charge is -2.49. The minimum atomic E-state index is -0.869. The predicted octanol–water partition coefficient (Wildman–Crippen LogP) is 2.61. The van der Waals surface area contributed by atoms with Crippen LogP contribution < -0.4 is 11.1 Å². The fourth-order valence-corrected chi connectivity index (χ4v) is 3.56. The van der Waals surface area contributed by atoms with Gasteiger partial charge in [0.1, 0.15) is 6.04 Å². The molecule has 0 aliphatic heterocycles. The molecular weight excluding hydrogens is 312 g/mol. The minimum Gasteiger partial charge on any atom is -0.394 e. The molecule has 4 nitrogen and oxygen atoms in total. The molecule has 0 aromatic heterocycles. The van der Waals surface area contributed by atoms with Crippen molar-refractivity contribution in [3.63, 3.8) is 0 Å². The molecule has 1 aliphatic carbocycles. The molecule has 23 heavy (non-hydrogen) atoms. The monoisotopic (exact) mass is 338 g/mol. The average molecular weight is 339 g/mol. The highest BCUT2D eigenvalue weighted by Crippen LogP contribution is 2.48. The molecule has 1 aromatic rings. The molecule has 0 radical (unpaired) electrons. The van der Waals surface area contributed by atoms with Crippen molar-refractivity contribution >= 4 is 17.5 Å². The van der Waals surface area contributed by atoms with Crippen LogP contribution >= 0.6 is 11.6 Å². The summed E-state index contributed by atoms with van der Waals surface area (Å²) >= 11 is 6.02. The van der Waals surface area contributed by atoms with Gasteiger partial charge in [-0.1, -0.05) is 44.0 Å². The largest absolute Gasteiger partial charge is 0.394 e. The van der Waals surface area contributed by atoms with E-state index in [1.165, 1.54) is 5.56 Å². The van der Waals surface area contributed by atoms with Gasteiger partial charge in [-0.05, 0) is 42.9 Å². The highest BCUT2D eigenvalue weighted by Gasteiger charge is 2.46. The first-order valence-corrected chi connectivity index (χ1v) is 8.69. The van der Waals surface area contributed by atoms with E-state index in [0.717, 1.165) is 30.7 Å². The lowest BCUT2D eigenvalue weighted by molar-refractivity contribution is -0.124. The summed E-state index contributed by atoms with van der Waals surface area (Å²) in [6, 6.07) is 7.09. The van der Waals surface area contributed by atoms with Crippen molar-refractivity contribution in [2.75, 3.05) is 6.61 Å². The smallest absolute Gasteiger partial charge is 0.239 e. The van der Waals surface area contributed by atoms with Gasteiger partial charge in [-0.25, -0.2) is 0 Å². The van der Waals surface area contributed by atoms with E-state index >= 15 is 0 Å². The third-order valence-electron chi connectivity index (χ3n) is 4.89. The molecule has 1 aliphatic rings. The standard InChI is InChI=1S/C18H27ClN2O2/c1-12(2)10-16(21-17(23)15(20)11-22)18(8-3-9-18)13-4-6-14(19)7-5-13/h4-7,12,15-16,22H,3,8-11,20H2,1-2H3,(H,21,23). The van der Waals surface area contributed by atoms with Gasteiger partial charge in [-0.2, -0.15) is 0 Å². The van der Waals surface area contributed by atoms with Gasteiger partial charge in [0.2, 0.25) is 5.91 Å². The number of aliphatic hydroxyl groups is 1. The van der Waals surface area contributed by atoms with Crippen molar-refractivity contribution in [1.29, 1.82) is 0 Å². The van der Waals surface area contributed by atoms with Gasteiger partial charge >= 0.3 is 0 Å². The van der Waals surface area contributed by atoms with E-state index in [-0.39, 0.29) is 24.0 Å². The molecule has 0 spiro atoms. The number of amides is 1. The Morgan fingerprint density at radius 2 is 1.96 bits per heavy atom. The van der Waals surface area contributed by atoms with E-state index in [4.69, 9.17) is 22.4 Å². The summed E-state index contributed by atoms with van der Waals surface area (Å²) in [5.74, 6) is 0.175. The second kappa shape index (κ2) is 7.65. The molecular formula is C18H27ClN2O2. The summed E-state index contributed by atoms with van der Waals surface area (Å²) < 4.78 is 0. The Hall–Kier alpha value is -1.10. The molecule has 1 amide bonds. The zero-order valence-electron chi connectivity index (χ0n) is 13.9. The number of hydrogen-bond acceptors (Lipinski definition) is 3. The lowest BCUT2D eigenvalue weighted by atomic mass is 9.59. The van der Waals surface area contributed by atoms with Gasteiger partial charge in [0.15, 0.2) is 0 Å². The number of nitrogens with one attached hydrogen (secondary N) is 1. The van der Waals surface area contributed by atoms with Crippen molar-refractivity contribution in [1.82, 2.24) is 5.32 Å². The topological polar surface area (TPSA) is 75.4 Å². The van der Waals surface area contributed by atoms with Crippen LogP contribution in [0.2, 0.25) is 5.02 Å². The second-order valence-electron chi connectivity index (χ2n) is 7.00. The van der Waals surface area contributed by atoms with Crippen LogP contribution in [0.5, 0.6) is 0 Å². The van der Waals surface area contributed by atoms with Gasteiger partial charge in [0.25, 0.3) is 0 Å². The first kappa shape index (κ1) is 18.2. The second-order valence-corrected chi connectivity index (χ2v) is 7.43. The first-order valence-electron chi connectivity index (χ1n) is 8.32. The third kappa shape index (κ3) is 4.06. The molecule has 128 valence electrons. The van der Waals surface area contributed by atoms with Gasteiger partial charge in [0, 0.05) is 16.5 Å². The zero-order valence-corrected chi connectivity index (χ0v) is 14.6. The molecule has 2 unspecified atom stereocenters. The SMILES string of the molecule is CC(C)CC(NC(=O)C(N)CO)C1(c2ccc(Cl)cc2)CCC1. The van der Waals surface area contributed by atoms with Gasteiger partial charge in [-0.15, -0.1) is 0 Å². The fraction of sp³-hybridized carbons (Fsp3) is 0.611. The Morgan fingerprint density at radius 3 is 2.39 bits per heavy atom. The minimum absolute atomic E-state index is 0.0162. The van der Waals surface area contributed by atoms with E-state index in [1.807, 2.05) is 12.1 Å². The zero-order chi connectivity index (χ0) is 17.0. The Labute approximate surface area is 143 Å². The number of rotatable bonds is 7. The summed E-state index contributed by atoms with van der Waals surface area (Å²) in [5.41, 5.74) is 6.84. The quantitative estimate of drug-likeness (QED) is 0.715. The number of carbonyl (C=O) groups excluding carboxylic acids is 1. The van der Waals surface area contributed by atoms with Crippen LogP contribution in [-0.2, 0) is 10.2 Å². The van der Waals surface area contributed by atoms with Crippen LogP contribution in [0.15, 0.2) is 24.3 Å². The van der Waals surface area contributed by atoms with Crippen LogP contribution in [0.4, 0.5) is 0 Å². The van der Waals surface area contributed by atoms with Crippen LogP contribution in [0, 0.1) is 5.92 Å². The third-order valence-corrected chi connectivity index (χ3v) is 5.14. The van der Waals surface area contributed by atoms with E-state index in [0.29, 0.717) is 5.92 Å². The summed E-state index contributed by atoms with van der Waals surface area (Å²) in [6.45, 7) is 3.97. The fourth-order valence-electron chi connectivity index (χ4n) is 3.43. The molecule has 2 rings (SSSR count). The first-order chi connectivity index (χ1) is 10.9. The van der Waals surface area contributed by atoms with E-state index < -0.39 is 6.04 Å². The molecule has 1 saturated carbocycles. The lowest BCUT2D eigenvalue weighted by Crippen LogP contribution is -2.58. The molecule has 5 heteroatoms.